The maximum atomic E-state index is 11.9. The van der Waals surface area contributed by atoms with Crippen LogP contribution in [0.3, 0.4) is 0 Å². The first-order valence-corrected chi connectivity index (χ1v) is 5.78. The molecular formula is C11H21N3O2. The maximum Gasteiger partial charge on any atom is 0.227 e. The van der Waals surface area contributed by atoms with Crippen molar-refractivity contribution < 1.29 is 9.59 Å². The summed E-state index contributed by atoms with van der Waals surface area (Å²) in [4.78, 5) is 22.9. The second-order valence-corrected chi connectivity index (χ2v) is 4.52. The number of amides is 2. The Bertz CT molecular complexity index is 260. The Kier molecular flexibility index (Phi) is 4.73. The van der Waals surface area contributed by atoms with Gasteiger partial charge in [0.15, 0.2) is 0 Å². The highest BCUT2D eigenvalue weighted by Crippen LogP contribution is 2.25. The van der Waals surface area contributed by atoms with Crippen LogP contribution in [-0.4, -0.2) is 38.5 Å². The van der Waals surface area contributed by atoms with E-state index in [9.17, 15) is 9.59 Å². The fraction of sp³-hybridized carbons (Fsp3) is 0.818. The van der Waals surface area contributed by atoms with Crippen molar-refractivity contribution in [2.24, 2.45) is 5.41 Å². The third-order valence-electron chi connectivity index (χ3n) is 3.06. The van der Waals surface area contributed by atoms with Crippen LogP contribution < -0.4 is 16.0 Å². The van der Waals surface area contributed by atoms with E-state index in [4.69, 9.17) is 0 Å². The smallest absolute Gasteiger partial charge is 0.227 e. The topological polar surface area (TPSA) is 70.2 Å². The fourth-order valence-corrected chi connectivity index (χ4v) is 1.88. The molecule has 92 valence electrons. The summed E-state index contributed by atoms with van der Waals surface area (Å²) in [6, 6.07) is 0. The molecule has 1 saturated heterocycles. The van der Waals surface area contributed by atoms with Gasteiger partial charge in [0.2, 0.25) is 11.8 Å². The third-order valence-corrected chi connectivity index (χ3v) is 3.06. The normalized spacial score (nSPS) is 24.9. The van der Waals surface area contributed by atoms with Crippen LogP contribution in [0.2, 0.25) is 0 Å². The van der Waals surface area contributed by atoms with E-state index in [-0.39, 0.29) is 17.2 Å². The molecule has 1 heterocycles. The van der Waals surface area contributed by atoms with E-state index >= 15 is 0 Å². The summed E-state index contributed by atoms with van der Waals surface area (Å²) >= 11 is 0. The first-order valence-electron chi connectivity index (χ1n) is 5.78. The zero-order valence-corrected chi connectivity index (χ0v) is 10.1. The lowest BCUT2D eigenvalue weighted by Gasteiger charge is -2.32. The molecule has 3 N–H and O–H groups in total. The first-order chi connectivity index (χ1) is 7.58. The number of carbonyl (C=O) groups excluding carboxylic acids is 2. The quantitative estimate of drug-likeness (QED) is 0.613. The molecule has 1 aliphatic heterocycles. The van der Waals surface area contributed by atoms with Gasteiger partial charge in [-0.2, -0.15) is 0 Å². The van der Waals surface area contributed by atoms with Crippen molar-refractivity contribution in [2.45, 2.75) is 26.2 Å². The van der Waals surface area contributed by atoms with Gasteiger partial charge in [-0.15, -0.1) is 0 Å². The van der Waals surface area contributed by atoms with Crippen LogP contribution in [0.25, 0.3) is 0 Å². The van der Waals surface area contributed by atoms with Crippen LogP contribution in [0.15, 0.2) is 0 Å². The summed E-state index contributed by atoms with van der Waals surface area (Å²) < 4.78 is 0. The molecule has 0 saturated carbocycles. The van der Waals surface area contributed by atoms with E-state index in [1.165, 1.54) is 0 Å². The van der Waals surface area contributed by atoms with Gasteiger partial charge in [-0.25, -0.2) is 0 Å². The summed E-state index contributed by atoms with van der Waals surface area (Å²) in [5.74, 6) is -0.00387. The predicted molar refractivity (Wildman–Crippen MR) is 61.9 cm³/mol. The maximum absolute atomic E-state index is 11.9. The lowest BCUT2D eigenvalue weighted by Crippen LogP contribution is -2.49. The third kappa shape index (κ3) is 3.48. The molecule has 0 radical (unpaired) electrons. The Hall–Kier alpha value is -1.10. The van der Waals surface area contributed by atoms with Crippen molar-refractivity contribution in [3.05, 3.63) is 0 Å². The number of nitrogens with one attached hydrogen (secondary N) is 3. The second kappa shape index (κ2) is 5.84. The van der Waals surface area contributed by atoms with Crippen molar-refractivity contribution in [3.8, 4) is 0 Å². The van der Waals surface area contributed by atoms with Crippen LogP contribution in [-0.2, 0) is 9.59 Å². The lowest BCUT2D eigenvalue weighted by molar-refractivity contribution is -0.131. The first kappa shape index (κ1) is 13.0. The molecule has 0 bridgehead atoms. The Morgan fingerprint density at radius 1 is 1.44 bits per heavy atom. The highest BCUT2D eigenvalue weighted by atomic mass is 16.2. The van der Waals surface area contributed by atoms with Crippen molar-refractivity contribution in [2.75, 3.05) is 26.7 Å². The van der Waals surface area contributed by atoms with Crippen LogP contribution >= 0.6 is 0 Å². The van der Waals surface area contributed by atoms with Gasteiger partial charge in [0.05, 0.1) is 5.41 Å². The van der Waals surface area contributed by atoms with E-state index in [0.29, 0.717) is 13.0 Å². The molecule has 0 aromatic carbocycles. The SMILES string of the molecule is CNC(=O)CCNC(=O)C1(C)CCCNC1. The highest BCUT2D eigenvalue weighted by molar-refractivity contribution is 5.83. The van der Waals surface area contributed by atoms with Crippen molar-refractivity contribution in [1.82, 2.24) is 16.0 Å². The molecule has 2 amide bonds. The zero-order chi connectivity index (χ0) is 12.0. The molecule has 0 spiro atoms. The molecule has 1 aliphatic rings. The number of hydrogen-bond donors (Lipinski definition) is 3. The molecule has 1 unspecified atom stereocenters. The van der Waals surface area contributed by atoms with E-state index in [0.717, 1.165) is 25.9 Å². The summed E-state index contributed by atoms with van der Waals surface area (Å²) in [6.45, 7) is 4.09. The predicted octanol–water partition coefficient (Wildman–Crippen LogP) is -0.372. The van der Waals surface area contributed by atoms with E-state index in [1.54, 1.807) is 7.05 Å². The van der Waals surface area contributed by atoms with Gasteiger partial charge >= 0.3 is 0 Å². The molecule has 5 nitrogen and oxygen atoms in total. The molecule has 1 rings (SSSR count). The standard InChI is InChI=1S/C11H21N3O2/c1-11(5-3-6-13-8-11)10(16)14-7-4-9(15)12-2/h13H,3-8H2,1-2H3,(H,12,15)(H,14,16). The molecule has 1 atom stereocenters. The molecule has 0 aliphatic carbocycles. The molecular weight excluding hydrogens is 206 g/mol. The van der Waals surface area contributed by atoms with Gasteiger partial charge < -0.3 is 16.0 Å². The number of rotatable bonds is 4. The summed E-state index contributed by atoms with van der Waals surface area (Å²) in [5.41, 5.74) is -0.319. The molecule has 0 aromatic rings. The molecule has 1 fully saturated rings. The minimum absolute atomic E-state index is 0.0450. The van der Waals surface area contributed by atoms with Crippen molar-refractivity contribution in [1.29, 1.82) is 0 Å². The van der Waals surface area contributed by atoms with E-state index in [1.807, 2.05) is 6.92 Å². The second-order valence-electron chi connectivity index (χ2n) is 4.52. The van der Waals surface area contributed by atoms with Crippen LogP contribution in [0.4, 0.5) is 0 Å². The molecule has 0 aromatic heterocycles. The van der Waals surface area contributed by atoms with Crippen molar-refractivity contribution >= 4 is 11.8 Å². The number of carbonyl (C=O) groups is 2. The highest BCUT2D eigenvalue weighted by Gasteiger charge is 2.34. The summed E-state index contributed by atoms with van der Waals surface area (Å²) in [6.07, 6.45) is 2.27. The van der Waals surface area contributed by atoms with Gasteiger partial charge in [-0.1, -0.05) is 0 Å². The summed E-state index contributed by atoms with van der Waals surface area (Å²) in [5, 5.41) is 8.57. The van der Waals surface area contributed by atoms with Crippen LogP contribution in [0.1, 0.15) is 26.2 Å². The Morgan fingerprint density at radius 2 is 2.19 bits per heavy atom. The van der Waals surface area contributed by atoms with Gasteiger partial charge in [0.25, 0.3) is 0 Å². The minimum atomic E-state index is -0.319. The minimum Gasteiger partial charge on any atom is -0.359 e. The van der Waals surface area contributed by atoms with Gasteiger partial charge in [0, 0.05) is 26.6 Å². The lowest BCUT2D eigenvalue weighted by atomic mass is 9.82. The van der Waals surface area contributed by atoms with Crippen molar-refractivity contribution in [3.63, 3.8) is 0 Å². The zero-order valence-electron chi connectivity index (χ0n) is 10.1. The Morgan fingerprint density at radius 3 is 2.75 bits per heavy atom. The van der Waals surface area contributed by atoms with E-state index in [2.05, 4.69) is 16.0 Å². The Labute approximate surface area is 96.4 Å². The Balaban J connectivity index is 2.31. The number of hydrogen-bond acceptors (Lipinski definition) is 3. The van der Waals surface area contributed by atoms with E-state index < -0.39 is 0 Å². The fourth-order valence-electron chi connectivity index (χ4n) is 1.88. The summed E-state index contributed by atoms with van der Waals surface area (Å²) in [7, 11) is 1.59. The van der Waals surface area contributed by atoms with Gasteiger partial charge in [0.1, 0.15) is 0 Å². The monoisotopic (exact) mass is 227 g/mol. The van der Waals surface area contributed by atoms with Crippen LogP contribution in [0.5, 0.6) is 0 Å². The average Bonchev–Trinajstić information content (AvgIpc) is 2.29. The van der Waals surface area contributed by atoms with Gasteiger partial charge in [-0.3, -0.25) is 9.59 Å². The number of piperidine rings is 1. The van der Waals surface area contributed by atoms with Crippen LogP contribution in [0, 0.1) is 5.41 Å². The molecule has 16 heavy (non-hydrogen) atoms. The van der Waals surface area contributed by atoms with Gasteiger partial charge in [-0.05, 0) is 26.3 Å². The average molecular weight is 227 g/mol. The largest absolute Gasteiger partial charge is 0.359 e. The molecule has 5 heteroatoms.